The Labute approximate surface area is 231 Å². The second-order valence-corrected chi connectivity index (χ2v) is 12.0. The molecule has 0 atom stereocenters. The maximum atomic E-state index is 13.3. The van der Waals surface area contributed by atoms with E-state index in [1.54, 1.807) is 60.7 Å². The summed E-state index contributed by atoms with van der Waals surface area (Å²) in [7, 11) is -7.58. The van der Waals surface area contributed by atoms with Crippen molar-refractivity contribution in [1.29, 1.82) is 5.41 Å². The van der Waals surface area contributed by atoms with E-state index in [1.165, 1.54) is 30.3 Å². The molecule has 0 aliphatic heterocycles. The molecule has 7 N–H and O–H groups in total. The highest BCUT2D eigenvalue weighted by atomic mass is 32.2. The lowest BCUT2D eigenvalue weighted by Crippen LogP contribution is -2.15. The predicted molar refractivity (Wildman–Crippen MR) is 154 cm³/mol. The van der Waals surface area contributed by atoms with Crippen molar-refractivity contribution in [3.8, 4) is 22.6 Å². The van der Waals surface area contributed by atoms with Crippen molar-refractivity contribution in [2.75, 3.05) is 16.3 Å². The molecule has 0 saturated carbocycles. The van der Waals surface area contributed by atoms with E-state index in [1.807, 2.05) is 0 Å². The number of nitrogen functional groups attached to an aromatic ring is 1. The molecule has 1 amide bonds. The van der Waals surface area contributed by atoms with Gasteiger partial charge in [0.25, 0.3) is 5.91 Å². The average Bonchev–Trinajstić information content (AvgIpc) is 2.89. The molecular weight excluding hydrogens is 554 g/mol. The van der Waals surface area contributed by atoms with E-state index in [0.717, 1.165) is 6.26 Å². The predicted octanol–water partition coefficient (Wildman–Crippen LogP) is 3.70. The zero-order valence-electron chi connectivity index (χ0n) is 21.1. The molecule has 0 aliphatic rings. The molecular formula is C27H25N5O6S2. The van der Waals surface area contributed by atoms with Crippen LogP contribution in [-0.4, -0.2) is 34.8 Å². The number of ether oxygens (including phenoxy) is 1. The fourth-order valence-electron chi connectivity index (χ4n) is 3.81. The lowest BCUT2D eigenvalue weighted by molar-refractivity contribution is 0.102. The van der Waals surface area contributed by atoms with E-state index in [2.05, 4.69) is 10.0 Å². The summed E-state index contributed by atoms with van der Waals surface area (Å²) in [5.41, 5.74) is 7.50. The number of carbonyl (C=O) groups is 1. The number of hydrogen-bond acceptors (Lipinski definition) is 7. The summed E-state index contributed by atoms with van der Waals surface area (Å²) in [5.74, 6) is -0.335. The van der Waals surface area contributed by atoms with Gasteiger partial charge < -0.3 is 15.8 Å². The van der Waals surface area contributed by atoms with E-state index in [9.17, 15) is 21.6 Å². The van der Waals surface area contributed by atoms with Gasteiger partial charge in [-0.25, -0.2) is 22.0 Å². The van der Waals surface area contributed by atoms with Crippen molar-refractivity contribution in [1.82, 2.24) is 0 Å². The first-order valence-corrected chi connectivity index (χ1v) is 15.0. The van der Waals surface area contributed by atoms with Crippen LogP contribution in [0.3, 0.4) is 0 Å². The van der Waals surface area contributed by atoms with Gasteiger partial charge in [0.05, 0.1) is 16.7 Å². The van der Waals surface area contributed by atoms with Crippen molar-refractivity contribution >= 4 is 43.2 Å². The number of amidine groups is 1. The summed E-state index contributed by atoms with van der Waals surface area (Å²) in [6, 6.07) is 23.4. The molecule has 0 bridgehead atoms. The van der Waals surface area contributed by atoms with Crippen molar-refractivity contribution in [3.05, 3.63) is 102 Å². The van der Waals surface area contributed by atoms with Crippen LogP contribution in [0.15, 0.2) is 95.9 Å². The van der Waals surface area contributed by atoms with Gasteiger partial charge in [0, 0.05) is 22.5 Å². The van der Waals surface area contributed by atoms with E-state index in [4.69, 9.17) is 21.0 Å². The van der Waals surface area contributed by atoms with Crippen molar-refractivity contribution in [2.24, 2.45) is 10.9 Å². The van der Waals surface area contributed by atoms with Gasteiger partial charge in [-0.3, -0.25) is 14.9 Å². The minimum Gasteiger partial charge on any atom is -0.457 e. The monoisotopic (exact) mass is 579 g/mol. The van der Waals surface area contributed by atoms with Gasteiger partial charge >= 0.3 is 0 Å². The summed E-state index contributed by atoms with van der Waals surface area (Å²) in [6.07, 6.45) is 0.986. The SMILES string of the molecule is CS(=O)(=O)Nc1ccc(Oc2cccc(C(=N)N)c2)c(C(=O)Nc2ccc(-c3ccccc3S(N)(=O)=O)cc2)c1. The van der Waals surface area contributed by atoms with Gasteiger partial charge in [-0.2, -0.15) is 0 Å². The molecule has 11 nitrogen and oxygen atoms in total. The van der Waals surface area contributed by atoms with Crippen LogP contribution in [0.25, 0.3) is 11.1 Å². The Morgan fingerprint density at radius 3 is 2.17 bits per heavy atom. The van der Waals surface area contributed by atoms with Gasteiger partial charge in [0.2, 0.25) is 20.0 Å². The van der Waals surface area contributed by atoms with E-state index in [0.29, 0.717) is 28.1 Å². The smallest absolute Gasteiger partial charge is 0.259 e. The molecule has 0 spiro atoms. The largest absolute Gasteiger partial charge is 0.457 e. The maximum Gasteiger partial charge on any atom is 0.259 e. The summed E-state index contributed by atoms with van der Waals surface area (Å²) in [4.78, 5) is 13.3. The molecule has 0 radical (unpaired) electrons. The molecule has 0 aliphatic carbocycles. The third-order valence-corrected chi connectivity index (χ3v) is 7.12. The first kappa shape index (κ1) is 28.3. The van der Waals surface area contributed by atoms with Crippen LogP contribution in [0, 0.1) is 5.41 Å². The fourth-order valence-corrected chi connectivity index (χ4v) is 5.13. The molecule has 13 heteroatoms. The number of carbonyl (C=O) groups excluding carboxylic acids is 1. The third-order valence-electron chi connectivity index (χ3n) is 5.55. The Bertz CT molecular complexity index is 1820. The zero-order chi connectivity index (χ0) is 29.1. The van der Waals surface area contributed by atoms with Gasteiger partial charge in [-0.1, -0.05) is 42.5 Å². The van der Waals surface area contributed by atoms with E-state index < -0.39 is 26.0 Å². The van der Waals surface area contributed by atoms with Crippen LogP contribution in [0.4, 0.5) is 11.4 Å². The number of sulfonamides is 2. The molecule has 0 heterocycles. The maximum absolute atomic E-state index is 13.3. The average molecular weight is 580 g/mol. The van der Waals surface area contributed by atoms with E-state index >= 15 is 0 Å². The van der Waals surface area contributed by atoms with E-state index in [-0.39, 0.29) is 27.7 Å². The van der Waals surface area contributed by atoms with Gasteiger partial charge in [0.15, 0.2) is 0 Å². The highest BCUT2D eigenvalue weighted by Gasteiger charge is 2.18. The second-order valence-electron chi connectivity index (χ2n) is 8.70. The van der Waals surface area contributed by atoms with Crippen LogP contribution < -0.4 is 25.6 Å². The molecule has 0 unspecified atom stereocenters. The number of rotatable bonds is 9. The highest BCUT2D eigenvalue weighted by Crippen LogP contribution is 2.31. The van der Waals surface area contributed by atoms with Crippen molar-refractivity contribution in [3.63, 3.8) is 0 Å². The molecule has 0 saturated heterocycles. The zero-order valence-corrected chi connectivity index (χ0v) is 22.7. The number of anilines is 2. The number of nitrogens with one attached hydrogen (secondary N) is 3. The van der Waals surface area contributed by atoms with Gasteiger partial charge in [0.1, 0.15) is 17.3 Å². The summed E-state index contributed by atoms with van der Waals surface area (Å²) in [5, 5.41) is 15.7. The fraction of sp³-hybridized carbons (Fsp3) is 0.0370. The first-order valence-electron chi connectivity index (χ1n) is 11.6. The van der Waals surface area contributed by atoms with Crippen LogP contribution in [0.1, 0.15) is 15.9 Å². The lowest BCUT2D eigenvalue weighted by Gasteiger charge is -2.15. The number of benzene rings is 4. The Morgan fingerprint density at radius 1 is 0.850 bits per heavy atom. The number of amides is 1. The summed E-state index contributed by atoms with van der Waals surface area (Å²) >= 11 is 0. The van der Waals surface area contributed by atoms with Gasteiger partial charge in [-0.15, -0.1) is 0 Å². The molecule has 4 aromatic carbocycles. The third kappa shape index (κ3) is 7.02. The van der Waals surface area contributed by atoms with Crippen molar-refractivity contribution in [2.45, 2.75) is 4.90 Å². The molecule has 40 heavy (non-hydrogen) atoms. The molecule has 0 fully saturated rings. The number of nitrogens with two attached hydrogens (primary N) is 2. The van der Waals surface area contributed by atoms with Gasteiger partial charge in [-0.05, 0) is 54.1 Å². The topological polar surface area (TPSA) is 195 Å². The van der Waals surface area contributed by atoms with Crippen LogP contribution in [0.5, 0.6) is 11.5 Å². The summed E-state index contributed by atoms with van der Waals surface area (Å²) < 4.78 is 55.7. The number of primary sulfonamides is 1. The molecule has 4 aromatic rings. The second kappa shape index (κ2) is 11.2. The molecule has 206 valence electrons. The Kier molecular flexibility index (Phi) is 7.91. The quantitative estimate of drug-likeness (QED) is 0.147. The highest BCUT2D eigenvalue weighted by molar-refractivity contribution is 7.92. The standard InChI is InChI=1S/C27H25N5O6S2/c1-39(34,35)32-20-13-14-24(38-21-6-4-5-18(15-21)26(28)29)23(16-20)27(33)31-19-11-9-17(10-12-19)22-7-2-3-8-25(22)40(30,36)37/h2-16,32H,1H3,(H3,28,29)(H,31,33)(H2,30,36,37). The van der Waals surface area contributed by atoms with Crippen LogP contribution in [0.2, 0.25) is 0 Å². The Morgan fingerprint density at radius 2 is 1.52 bits per heavy atom. The summed E-state index contributed by atoms with van der Waals surface area (Å²) in [6.45, 7) is 0. The first-order chi connectivity index (χ1) is 18.8. The van der Waals surface area contributed by atoms with Crippen molar-refractivity contribution < 1.29 is 26.4 Å². The van der Waals surface area contributed by atoms with Crippen LogP contribution in [-0.2, 0) is 20.0 Å². The Balaban J connectivity index is 1.65. The Hall–Kier alpha value is -4.72. The van der Waals surface area contributed by atoms with Crippen LogP contribution >= 0.6 is 0 Å². The minimum atomic E-state index is -3.95. The lowest BCUT2D eigenvalue weighted by atomic mass is 10.1. The molecule has 0 aromatic heterocycles. The minimum absolute atomic E-state index is 0.0190. The normalized spacial score (nSPS) is 11.4. The number of hydrogen-bond donors (Lipinski definition) is 5. The molecule has 4 rings (SSSR count).